The highest BCUT2D eigenvalue weighted by Crippen LogP contribution is 2.21. The topological polar surface area (TPSA) is 70.0 Å². The average Bonchev–Trinajstić information content (AvgIpc) is 2.95. The number of aryl methyl sites for hydroxylation is 1. The molecule has 2 rings (SSSR count). The van der Waals surface area contributed by atoms with Crippen molar-refractivity contribution in [1.29, 1.82) is 5.26 Å². The molecule has 0 saturated heterocycles. The highest BCUT2D eigenvalue weighted by molar-refractivity contribution is 7.91. The summed E-state index contributed by atoms with van der Waals surface area (Å²) in [6.07, 6.45) is 0. The Bertz CT molecular complexity index is 692. The lowest BCUT2D eigenvalue weighted by Gasteiger charge is -2.02. The van der Waals surface area contributed by atoms with Crippen LogP contribution in [0.3, 0.4) is 0 Å². The number of rotatable bonds is 4. The fourth-order valence-electron chi connectivity index (χ4n) is 1.34. The molecule has 2 aromatic rings. The molecule has 0 amide bonds. The molecule has 0 saturated carbocycles. The van der Waals surface area contributed by atoms with E-state index in [2.05, 4.69) is 4.72 Å². The minimum absolute atomic E-state index is 0.173. The van der Waals surface area contributed by atoms with Gasteiger partial charge in [0.05, 0.1) is 0 Å². The van der Waals surface area contributed by atoms with Crippen LogP contribution >= 0.6 is 22.7 Å². The first-order valence-electron chi connectivity index (χ1n) is 5.06. The standard InChI is InChI=1S/C11H10N2O2S3/c1-8-2-3-10(16-8)7-13-18(14,15)11-5-4-9(6-12)17-11/h2-5,13H,7H2,1H3. The molecular weight excluding hydrogens is 288 g/mol. The Labute approximate surface area is 114 Å². The lowest BCUT2D eigenvalue weighted by Crippen LogP contribution is -2.21. The summed E-state index contributed by atoms with van der Waals surface area (Å²) in [5.74, 6) is 0. The smallest absolute Gasteiger partial charge is 0.206 e. The second-order valence-corrected chi connectivity index (χ2v) is 8.02. The van der Waals surface area contributed by atoms with Gasteiger partial charge in [-0.1, -0.05) is 0 Å². The molecule has 2 aromatic heterocycles. The normalized spacial score (nSPS) is 11.3. The van der Waals surface area contributed by atoms with Crippen LogP contribution in [-0.4, -0.2) is 8.42 Å². The van der Waals surface area contributed by atoms with Gasteiger partial charge in [-0.05, 0) is 31.2 Å². The van der Waals surface area contributed by atoms with Crippen LogP contribution in [0.1, 0.15) is 14.6 Å². The Morgan fingerprint density at radius 3 is 2.61 bits per heavy atom. The van der Waals surface area contributed by atoms with E-state index in [0.29, 0.717) is 4.88 Å². The molecule has 7 heteroatoms. The molecule has 0 unspecified atom stereocenters. The van der Waals surface area contributed by atoms with E-state index in [1.807, 2.05) is 25.1 Å². The molecule has 0 fully saturated rings. The average molecular weight is 298 g/mol. The predicted octanol–water partition coefficient (Wildman–Crippen LogP) is 2.47. The number of nitriles is 1. The van der Waals surface area contributed by atoms with Crippen LogP contribution in [0.15, 0.2) is 28.5 Å². The Kier molecular flexibility index (Phi) is 3.82. The Balaban J connectivity index is 2.10. The van der Waals surface area contributed by atoms with Crippen molar-refractivity contribution in [3.8, 4) is 6.07 Å². The minimum atomic E-state index is -3.51. The monoisotopic (exact) mass is 298 g/mol. The lowest BCUT2D eigenvalue weighted by atomic mass is 10.4. The first-order chi connectivity index (χ1) is 8.51. The molecular formula is C11H10N2O2S3. The quantitative estimate of drug-likeness (QED) is 0.942. The van der Waals surface area contributed by atoms with Crippen LogP contribution in [0.25, 0.3) is 0 Å². The van der Waals surface area contributed by atoms with Crippen LogP contribution in [0.5, 0.6) is 0 Å². The van der Waals surface area contributed by atoms with E-state index in [-0.39, 0.29) is 10.8 Å². The number of sulfonamides is 1. The van der Waals surface area contributed by atoms with E-state index in [4.69, 9.17) is 5.26 Å². The molecule has 0 aliphatic carbocycles. The van der Waals surface area contributed by atoms with Gasteiger partial charge in [0.25, 0.3) is 0 Å². The van der Waals surface area contributed by atoms with Crippen molar-refractivity contribution < 1.29 is 8.42 Å². The van der Waals surface area contributed by atoms with E-state index < -0.39 is 10.0 Å². The molecule has 0 spiro atoms. The van der Waals surface area contributed by atoms with Crippen LogP contribution in [-0.2, 0) is 16.6 Å². The van der Waals surface area contributed by atoms with Gasteiger partial charge in [-0.25, -0.2) is 13.1 Å². The van der Waals surface area contributed by atoms with Gasteiger partial charge >= 0.3 is 0 Å². The maximum absolute atomic E-state index is 11.9. The molecule has 4 nitrogen and oxygen atoms in total. The second-order valence-electron chi connectivity index (χ2n) is 3.57. The first kappa shape index (κ1) is 13.2. The summed E-state index contributed by atoms with van der Waals surface area (Å²) in [5.41, 5.74) is 0. The number of nitrogens with one attached hydrogen (secondary N) is 1. The van der Waals surface area contributed by atoms with Gasteiger partial charge in [0.1, 0.15) is 15.2 Å². The molecule has 0 atom stereocenters. The Hall–Kier alpha value is -1.20. The molecule has 18 heavy (non-hydrogen) atoms. The van der Waals surface area contributed by atoms with E-state index >= 15 is 0 Å². The van der Waals surface area contributed by atoms with Crippen LogP contribution in [0, 0.1) is 18.3 Å². The van der Waals surface area contributed by atoms with Crippen molar-refractivity contribution in [2.24, 2.45) is 0 Å². The predicted molar refractivity (Wildman–Crippen MR) is 72.1 cm³/mol. The van der Waals surface area contributed by atoms with E-state index in [0.717, 1.165) is 21.1 Å². The van der Waals surface area contributed by atoms with E-state index in [1.54, 1.807) is 11.3 Å². The highest BCUT2D eigenvalue weighted by atomic mass is 32.2. The summed E-state index contributed by atoms with van der Waals surface area (Å²) in [6.45, 7) is 2.25. The third kappa shape index (κ3) is 2.97. The van der Waals surface area contributed by atoms with Crippen molar-refractivity contribution in [3.05, 3.63) is 38.9 Å². The SMILES string of the molecule is Cc1ccc(CNS(=O)(=O)c2ccc(C#N)s2)s1. The van der Waals surface area contributed by atoms with E-state index in [1.165, 1.54) is 12.1 Å². The molecule has 0 bridgehead atoms. The minimum Gasteiger partial charge on any atom is -0.206 e. The zero-order valence-electron chi connectivity index (χ0n) is 9.50. The van der Waals surface area contributed by atoms with Gasteiger partial charge in [-0.3, -0.25) is 0 Å². The molecule has 0 aromatic carbocycles. The van der Waals surface area contributed by atoms with Gasteiger partial charge in [-0.2, -0.15) is 5.26 Å². The van der Waals surface area contributed by atoms with Gasteiger partial charge < -0.3 is 0 Å². The number of thiophene rings is 2. The largest absolute Gasteiger partial charge is 0.250 e. The Morgan fingerprint density at radius 1 is 1.28 bits per heavy atom. The van der Waals surface area contributed by atoms with Crippen molar-refractivity contribution in [3.63, 3.8) is 0 Å². The zero-order valence-corrected chi connectivity index (χ0v) is 12.0. The maximum atomic E-state index is 11.9. The van der Waals surface area contributed by atoms with Crippen LogP contribution < -0.4 is 4.72 Å². The molecule has 0 radical (unpaired) electrons. The molecule has 0 aliphatic heterocycles. The van der Waals surface area contributed by atoms with Crippen molar-refractivity contribution >= 4 is 32.7 Å². The van der Waals surface area contributed by atoms with Gasteiger partial charge in [0.2, 0.25) is 10.0 Å². The number of hydrogen-bond acceptors (Lipinski definition) is 5. The second kappa shape index (κ2) is 5.20. The van der Waals surface area contributed by atoms with Crippen molar-refractivity contribution in [1.82, 2.24) is 4.72 Å². The molecule has 94 valence electrons. The zero-order chi connectivity index (χ0) is 13.2. The number of hydrogen-bond donors (Lipinski definition) is 1. The van der Waals surface area contributed by atoms with Crippen molar-refractivity contribution in [2.45, 2.75) is 17.7 Å². The summed E-state index contributed by atoms with van der Waals surface area (Å²) in [4.78, 5) is 2.50. The summed E-state index contributed by atoms with van der Waals surface area (Å²) in [5, 5.41) is 8.67. The fraction of sp³-hybridized carbons (Fsp3) is 0.182. The van der Waals surface area contributed by atoms with Gasteiger partial charge in [0.15, 0.2) is 0 Å². The summed E-state index contributed by atoms with van der Waals surface area (Å²) < 4.78 is 26.6. The van der Waals surface area contributed by atoms with E-state index in [9.17, 15) is 8.42 Å². The summed E-state index contributed by atoms with van der Waals surface area (Å²) in [6, 6.07) is 8.74. The number of nitrogens with zero attached hydrogens (tertiary/aromatic N) is 1. The Morgan fingerprint density at radius 2 is 2.06 bits per heavy atom. The molecule has 1 N–H and O–H groups in total. The molecule has 0 aliphatic rings. The van der Waals surface area contributed by atoms with Crippen LogP contribution in [0.4, 0.5) is 0 Å². The molecule has 2 heterocycles. The van der Waals surface area contributed by atoms with Gasteiger partial charge in [-0.15, -0.1) is 22.7 Å². The highest BCUT2D eigenvalue weighted by Gasteiger charge is 2.16. The maximum Gasteiger partial charge on any atom is 0.250 e. The van der Waals surface area contributed by atoms with Gasteiger partial charge in [0, 0.05) is 16.3 Å². The third-order valence-corrected chi connectivity index (χ3v) is 6.07. The lowest BCUT2D eigenvalue weighted by molar-refractivity contribution is 0.584. The van der Waals surface area contributed by atoms with Crippen LogP contribution in [0.2, 0.25) is 0 Å². The first-order valence-corrected chi connectivity index (χ1v) is 8.18. The third-order valence-electron chi connectivity index (χ3n) is 2.19. The van der Waals surface area contributed by atoms with Crippen molar-refractivity contribution in [2.75, 3.05) is 0 Å². The summed E-state index contributed by atoms with van der Waals surface area (Å²) >= 11 is 2.53. The summed E-state index contributed by atoms with van der Waals surface area (Å²) in [7, 11) is -3.51. The fourth-order valence-corrected chi connectivity index (χ4v) is 4.42.